The molecule has 468 valence electrons. The molecule has 1 fully saturated rings. The van der Waals surface area contributed by atoms with Crippen molar-refractivity contribution in [1.82, 2.24) is 37.2 Å². The molecule has 1 aromatic rings. The Labute approximate surface area is 487 Å². The Morgan fingerprint density at radius 3 is 1.63 bits per heavy atom. The van der Waals surface area contributed by atoms with Crippen LogP contribution in [-0.4, -0.2) is 174 Å². The van der Waals surface area contributed by atoms with Crippen LogP contribution in [0.15, 0.2) is 30.3 Å². The highest BCUT2D eigenvalue weighted by Gasteiger charge is 2.38. The lowest BCUT2D eigenvalue weighted by Crippen LogP contribution is -2.57. The van der Waals surface area contributed by atoms with Gasteiger partial charge in [0, 0.05) is 62.3 Å². The van der Waals surface area contributed by atoms with Gasteiger partial charge in [-0.05, 0) is 116 Å². The fourth-order valence-electron chi connectivity index (χ4n) is 9.73. The van der Waals surface area contributed by atoms with E-state index in [0.29, 0.717) is 17.9 Å². The number of aliphatic hydroxyl groups is 3. The van der Waals surface area contributed by atoms with Crippen molar-refractivity contribution in [2.75, 3.05) is 39.3 Å². The number of carbonyl (C=O) groups excluding carboxylic acids is 11. The van der Waals surface area contributed by atoms with E-state index in [2.05, 4.69) is 51.1 Å². The van der Waals surface area contributed by atoms with Gasteiger partial charge in [-0.3, -0.25) is 52.7 Å². The van der Waals surface area contributed by atoms with E-state index in [-0.39, 0.29) is 89.9 Å². The molecule has 20 N–H and O–H groups in total. The smallest absolute Gasteiger partial charge is 0.245 e. The number of ketones is 4. The molecule has 1 saturated heterocycles. The quantitative estimate of drug-likeness (QED) is 0.0357. The first-order chi connectivity index (χ1) is 39.3. The maximum atomic E-state index is 14.5. The molecule has 26 heteroatoms. The van der Waals surface area contributed by atoms with Crippen LogP contribution in [-0.2, 0) is 59.2 Å². The summed E-state index contributed by atoms with van der Waals surface area (Å²) in [6.07, 6.45) is -4.70. The Bertz CT molecular complexity index is 2270. The van der Waals surface area contributed by atoms with Gasteiger partial charge in [0.15, 0.2) is 17.3 Å². The molecule has 1 aliphatic rings. The van der Waals surface area contributed by atoms with Crippen LogP contribution in [0.2, 0.25) is 0 Å². The predicted octanol–water partition coefficient (Wildman–Crippen LogP) is -2.94. The molecule has 1 aliphatic heterocycles. The van der Waals surface area contributed by atoms with E-state index in [4.69, 9.17) is 28.7 Å². The van der Waals surface area contributed by atoms with Crippen molar-refractivity contribution >= 4 is 64.5 Å². The molecule has 0 radical (unpaired) electrons. The van der Waals surface area contributed by atoms with Crippen LogP contribution in [0.4, 0.5) is 0 Å². The van der Waals surface area contributed by atoms with Crippen LogP contribution < -0.4 is 65.9 Å². The normalized spacial score (nSPS) is 23.4. The maximum Gasteiger partial charge on any atom is 0.245 e. The van der Waals surface area contributed by atoms with E-state index in [1.807, 2.05) is 0 Å². The van der Waals surface area contributed by atoms with Crippen molar-refractivity contribution in [2.45, 2.75) is 185 Å². The second-order valence-corrected chi connectivity index (χ2v) is 22.2. The standard InChI is InChI=1S/C57H96N12O14/c1-32(2)11-9-10-14-41(73)28-37(15-21-58)52(78)67-48(33(3)70)47(76)30-39(17-23-60)51(77)66-44-20-26-63-56(82)49(34(4)71)68-53(79)38(16-22-59)29-45(74)43(19-25-62)65-57(83)50(35(5)72)69-54(80)40(27-36-12-7-6-8-13-36)31-46(75)42(18-24-61)64-55(44)81/h6-8,12-13,32-35,37-40,42-44,48-50,70-72H,9-11,14-31,58-62H2,1-5H3,(H,63,82)(H,64,81)(H,65,83)(H,66,77)(H,67,78)(H,68,79)(H,69,80)/t33-,34-,35-,37-,38-,39+,40+,42+,43+,44+,48+,49+,50+/m1/s1. The molecule has 2 rings (SSSR count). The van der Waals surface area contributed by atoms with Crippen molar-refractivity contribution in [3.8, 4) is 0 Å². The molecule has 1 heterocycles. The average molecular weight is 1170 g/mol. The van der Waals surface area contributed by atoms with Crippen molar-refractivity contribution in [3.05, 3.63) is 35.9 Å². The molecule has 0 spiro atoms. The second kappa shape index (κ2) is 38.7. The van der Waals surface area contributed by atoms with Gasteiger partial charge in [0.1, 0.15) is 30.0 Å². The number of aliphatic hydroxyl groups excluding tert-OH is 3. The van der Waals surface area contributed by atoms with Gasteiger partial charge in [-0.1, -0.05) is 57.0 Å². The molecular formula is C57H96N12O14. The first-order valence-electron chi connectivity index (χ1n) is 29.1. The van der Waals surface area contributed by atoms with Gasteiger partial charge in [0.25, 0.3) is 0 Å². The molecular weight excluding hydrogens is 1080 g/mol. The minimum absolute atomic E-state index is 0.0514. The van der Waals surface area contributed by atoms with Gasteiger partial charge >= 0.3 is 0 Å². The van der Waals surface area contributed by atoms with Crippen LogP contribution in [0.25, 0.3) is 0 Å². The van der Waals surface area contributed by atoms with E-state index in [1.54, 1.807) is 30.3 Å². The fourth-order valence-corrected chi connectivity index (χ4v) is 9.73. The zero-order valence-corrected chi connectivity index (χ0v) is 49.0. The molecule has 13 atom stereocenters. The first-order valence-corrected chi connectivity index (χ1v) is 29.1. The summed E-state index contributed by atoms with van der Waals surface area (Å²) >= 11 is 0. The zero-order valence-electron chi connectivity index (χ0n) is 49.0. The number of unbranched alkanes of at least 4 members (excludes halogenated alkanes) is 1. The first kappa shape index (κ1) is 73.0. The van der Waals surface area contributed by atoms with E-state index >= 15 is 0 Å². The van der Waals surface area contributed by atoms with Crippen molar-refractivity contribution in [2.24, 2.45) is 58.3 Å². The largest absolute Gasteiger partial charge is 0.391 e. The average Bonchev–Trinajstić information content (AvgIpc) is 3.51. The molecule has 7 amide bonds. The van der Waals surface area contributed by atoms with Crippen molar-refractivity contribution in [1.29, 1.82) is 0 Å². The summed E-state index contributed by atoms with van der Waals surface area (Å²) in [7, 11) is 0. The van der Waals surface area contributed by atoms with Gasteiger partial charge in [0.05, 0.1) is 30.4 Å². The van der Waals surface area contributed by atoms with Crippen molar-refractivity contribution < 1.29 is 68.1 Å². The van der Waals surface area contributed by atoms with Gasteiger partial charge in [0.2, 0.25) is 41.4 Å². The highest BCUT2D eigenvalue weighted by atomic mass is 16.3. The van der Waals surface area contributed by atoms with Gasteiger partial charge < -0.3 is 81.2 Å². The molecule has 0 saturated carbocycles. The molecule has 1 aromatic carbocycles. The molecule has 0 aromatic heterocycles. The Morgan fingerprint density at radius 2 is 1.11 bits per heavy atom. The minimum atomic E-state index is -1.69. The summed E-state index contributed by atoms with van der Waals surface area (Å²) in [6.45, 7) is 6.92. The number of nitrogens with two attached hydrogens (primary N) is 5. The molecule has 0 aliphatic carbocycles. The Balaban J connectivity index is 2.67. The number of amides is 7. The lowest BCUT2D eigenvalue weighted by atomic mass is 9.90. The minimum Gasteiger partial charge on any atom is -0.391 e. The van der Waals surface area contributed by atoms with E-state index in [9.17, 15) is 68.1 Å². The fraction of sp³-hybridized carbons (Fsp3) is 0.702. The molecule has 0 bridgehead atoms. The third kappa shape index (κ3) is 26.1. The summed E-state index contributed by atoms with van der Waals surface area (Å²) in [5.41, 5.74) is 30.0. The van der Waals surface area contributed by atoms with E-state index in [0.717, 1.165) is 12.8 Å². The Morgan fingerprint density at radius 1 is 0.590 bits per heavy atom. The Hall–Kier alpha value is -6.13. The highest BCUT2D eigenvalue weighted by molar-refractivity contribution is 5.99. The van der Waals surface area contributed by atoms with Gasteiger partial charge in [-0.15, -0.1) is 0 Å². The summed E-state index contributed by atoms with van der Waals surface area (Å²) < 4.78 is 0. The summed E-state index contributed by atoms with van der Waals surface area (Å²) in [5, 5.41) is 50.3. The monoisotopic (exact) mass is 1170 g/mol. The molecule has 83 heavy (non-hydrogen) atoms. The lowest BCUT2D eigenvalue weighted by Gasteiger charge is -2.28. The van der Waals surface area contributed by atoms with E-state index < -0.39 is 169 Å². The Kier molecular flexibility index (Phi) is 34.0. The predicted molar refractivity (Wildman–Crippen MR) is 309 cm³/mol. The van der Waals surface area contributed by atoms with Crippen molar-refractivity contribution in [3.63, 3.8) is 0 Å². The van der Waals surface area contributed by atoms with Crippen LogP contribution >= 0.6 is 0 Å². The summed E-state index contributed by atoms with van der Waals surface area (Å²) in [6, 6.07) is -0.723. The lowest BCUT2D eigenvalue weighted by molar-refractivity contribution is -0.137. The van der Waals surface area contributed by atoms with Gasteiger partial charge in [-0.2, -0.15) is 0 Å². The number of Topliss-reactive ketones (excluding diaryl/α,β-unsaturated/α-hetero) is 4. The maximum absolute atomic E-state index is 14.5. The molecule has 0 unspecified atom stereocenters. The highest BCUT2D eigenvalue weighted by Crippen LogP contribution is 2.20. The zero-order chi connectivity index (χ0) is 62.3. The number of rotatable bonds is 29. The summed E-state index contributed by atoms with van der Waals surface area (Å²) in [4.78, 5) is 154. The SMILES string of the molecule is CC(C)CCCCC(=O)C[C@@H](CCN)C(=O)N[C@H](C(=O)C[C@H](CCN)C(=O)N[C@H]1CCNC(=O)[C@H]([C@@H](C)O)NC(=O)[C@H](CCN)CC(=O)[C@H](CCN)NC(=O)[C@H]([C@@H](C)O)NC(=O)[C@@H](Cc2ccccc2)CC(=O)[C@H](CCN)NC1=O)[C@@H](C)O. The third-order valence-electron chi connectivity index (χ3n) is 14.6. The third-order valence-corrected chi connectivity index (χ3v) is 14.6. The van der Waals surface area contributed by atoms with Crippen LogP contribution in [0.1, 0.15) is 130 Å². The number of carbonyl (C=O) groups is 11. The van der Waals surface area contributed by atoms with Gasteiger partial charge in [-0.25, -0.2) is 0 Å². The topological polar surface area (TPSA) is 463 Å². The number of benzene rings is 1. The number of hydrogen-bond donors (Lipinski definition) is 15. The van der Waals surface area contributed by atoms with E-state index in [1.165, 1.54) is 20.8 Å². The molecule has 26 nitrogen and oxygen atoms in total. The van der Waals surface area contributed by atoms with Crippen LogP contribution in [0.5, 0.6) is 0 Å². The summed E-state index contributed by atoms with van der Waals surface area (Å²) in [5.74, 6) is -12.8. The second-order valence-electron chi connectivity index (χ2n) is 22.2. The number of hydrogen-bond acceptors (Lipinski definition) is 19. The number of nitrogens with one attached hydrogen (secondary N) is 7. The van der Waals surface area contributed by atoms with Crippen LogP contribution in [0.3, 0.4) is 0 Å². The van der Waals surface area contributed by atoms with Crippen LogP contribution in [0, 0.1) is 29.6 Å².